The van der Waals surface area contributed by atoms with Crippen molar-refractivity contribution in [1.29, 1.82) is 0 Å². The average molecular weight is 371 g/mol. The minimum atomic E-state index is -0.990. The van der Waals surface area contributed by atoms with Crippen LogP contribution in [0.4, 0.5) is 5.69 Å². The van der Waals surface area contributed by atoms with Crippen LogP contribution in [0.2, 0.25) is 0 Å². The summed E-state index contributed by atoms with van der Waals surface area (Å²) in [7, 11) is 1.79. The first-order valence-electron chi connectivity index (χ1n) is 8.43. The monoisotopic (exact) mass is 371 g/mol. The molecule has 3 aromatic heterocycles. The largest absolute Gasteiger partial charge is 0.452 e. The summed E-state index contributed by atoms with van der Waals surface area (Å²) in [5.41, 5.74) is 2.12. The van der Waals surface area contributed by atoms with Gasteiger partial charge >= 0.3 is 5.97 Å². The first-order valence-corrected chi connectivity index (χ1v) is 8.43. The van der Waals surface area contributed by atoms with E-state index in [0.717, 1.165) is 5.69 Å². The van der Waals surface area contributed by atoms with E-state index in [1.54, 1.807) is 47.9 Å². The zero-order valence-corrected chi connectivity index (χ0v) is 15.6. The number of aryl methyl sites for hydroxylation is 2. The Hall–Kier alpha value is -3.36. The second kappa shape index (κ2) is 7.48. The number of nitrogens with zero attached hydrogens (tertiary/aromatic N) is 4. The molecule has 1 atom stereocenters. The molecular weight excluding hydrogens is 350 g/mol. The summed E-state index contributed by atoms with van der Waals surface area (Å²) in [6.07, 6.45) is 2.45. The van der Waals surface area contributed by atoms with Crippen molar-refractivity contribution in [2.75, 3.05) is 5.32 Å². The van der Waals surface area contributed by atoms with Crippen LogP contribution < -0.4 is 5.32 Å². The highest BCUT2D eigenvalue weighted by molar-refractivity contribution is 5.97. The fraction of sp³-hybridized carbons (Fsp3) is 0.333. The van der Waals surface area contributed by atoms with E-state index in [1.807, 2.05) is 6.92 Å². The molecule has 0 saturated heterocycles. The van der Waals surface area contributed by atoms with Crippen molar-refractivity contribution in [2.45, 2.75) is 33.4 Å². The lowest BCUT2D eigenvalue weighted by Gasteiger charge is -2.13. The van der Waals surface area contributed by atoms with Gasteiger partial charge in [0.05, 0.1) is 23.6 Å². The highest BCUT2D eigenvalue weighted by Gasteiger charge is 2.23. The molecular formula is C18H21N5O4. The number of hydrogen-bond donors (Lipinski definition) is 1. The van der Waals surface area contributed by atoms with Crippen molar-refractivity contribution in [3.05, 3.63) is 53.5 Å². The highest BCUT2D eigenvalue weighted by Crippen LogP contribution is 2.19. The van der Waals surface area contributed by atoms with Gasteiger partial charge in [-0.25, -0.2) is 4.79 Å². The third-order valence-electron chi connectivity index (χ3n) is 4.15. The quantitative estimate of drug-likeness (QED) is 0.665. The molecule has 9 heteroatoms. The molecule has 142 valence electrons. The number of esters is 1. The molecule has 1 amide bonds. The van der Waals surface area contributed by atoms with E-state index in [2.05, 4.69) is 15.5 Å². The van der Waals surface area contributed by atoms with Gasteiger partial charge in [0.25, 0.3) is 5.91 Å². The number of amides is 1. The van der Waals surface area contributed by atoms with Gasteiger partial charge in [-0.3, -0.25) is 14.2 Å². The Bertz CT molecular complexity index is 955. The molecule has 0 aliphatic heterocycles. The van der Waals surface area contributed by atoms with E-state index >= 15 is 0 Å². The normalized spacial score (nSPS) is 12.0. The zero-order valence-electron chi connectivity index (χ0n) is 15.6. The van der Waals surface area contributed by atoms with Gasteiger partial charge in [-0.1, -0.05) is 0 Å². The van der Waals surface area contributed by atoms with Crippen LogP contribution in [0.5, 0.6) is 0 Å². The van der Waals surface area contributed by atoms with Gasteiger partial charge in [-0.05, 0) is 39.0 Å². The molecule has 3 aromatic rings. The smallest absolute Gasteiger partial charge is 0.375 e. The summed E-state index contributed by atoms with van der Waals surface area (Å²) in [6, 6.07) is 4.98. The minimum absolute atomic E-state index is 0.0329. The molecule has 9 nitrogen and oxygen atoms in total. The standard InChI is InChI=1S/C18H21N5O4/c1-11-16(12(2)22(4)21-11)20-17(24)13(3)26-18(25)15-7-6-14(27-15)10-23-9-5-8-19-23/h5-9,13H,10H2,1-4H3,(H,20,24). The molecule has 0 aromatic carbocycles. The van der Waals surface area contributed by atoms with E-state index in [4.69, 9.17) is 9.15 Å². The molecule has 0 saturated carbocycles. The van der Waals surface area contributed by atoms with Crippen LogP contribution in [0.3, 0.4) is 0 Å². The SMILES string of the molecule is Cc1nn(C)c(C)c1NC(=O)C(C)OC(=O)c1ccc(Cn2cccn2)o1. The van der Waals surface area contributed by atoms with Crippen LogP contribution in [0.25, 0.3) is 0 Å². The molecule has 1 N–H and O–H groups in total. The fourth-order valence-electron chi connectivity index (χ4n) is 2.58. The molecule has 1 unspecified atom stereocenters. The lowest BCUT2D eigenvalue weighted by molar-refractivity contribution is -0.123. The third-order valence-corrected chi connectivity index (χ3v) is 4.15. The number of carbonyl (C=O) groups excluding carboxylic acids is 2. The van der Waals surface area contributed by atoms with Gasteiger partial charge in [-0.2, -0.15) is 10.2 Å². The fourth-order valence-corrected chi connectivity index (χ4v) is 2.58. The Labute approximate surface area is 155 Å². The summed E-state index contributed by atoms with van der Waals surface area (Å²) in [6.45, 7) is 5.54. The van der Waals surface area contributed by atoms with Gasteiger partial charge in [0.15, 0.2) is 6.10 Å². The third kappa shape index (κ3) is 4.08. The topological polar surface area (TPSA) is 104 Å². The van der Waals surface area contributed by atoms with Crippen LogP contribution >= 0.6 is 0 Å². The lowest BCUT2D eigenvalue weighted by Crippen LogP contribution is -2.30. The zero-order chi connectivity index (χ0) is 19.6. The van der Waals surface area contributed by atoms with Gasteiger partial charge < -0.3 is 14.5 Å². The molecule has 3 rings (SSSR count). The van der Waals surface area contributed by atoms with E-state index in [0.29, 0.717) is 23.7 Å². The molecule has 27 heavy (non-hydrogen) atoms. The van der Waals surface area contributed by atoms with E-state index < -0.39 is 18.0 Å². The predicted molar refractivity (Wildman–Crippen MR) is 96.2 cm³/mol. The van der Waals surface area contributed by atoms with E-state index in [1.165, 1.54) is 13.0 Å². The minimum Gasteiger partial charge on any atom is -0.452 e. The molecule has 3 heterocycles. The van der Waals surface area contributed by atoms with Crippen molar-refractivity contribution in [3.63, 3.8) is 0 Å². The van der Waals surface area contributed by atoms with Crippen LogP contribution in [0, 0.1) is 13.8 Å². The number of rotatable bonds is 6. The second-order valence-electron chi connectivity index (χ2n) is 6.18. The Morgan fingerprint density at radius 2 is 2.11 bits per heavy atom. The molecule has 0 spiro atoms. The summed E-state index contributed by atoms with van der Waals surface area (Å²) in [5, 5.41) is 11.1. The van der Waals surface area contributed by atoms with Crippen LogP contribution in [0.1, 0.15) is 34.6 Å². The van der Waals surface area contributed by atoms with E-state index in [-0.39, 0.29) is 5.76 Å². The molecule has 0 aliphatic rings. The number of aromatic nitrogens is 4. The first-order chi connectivity index (χ1) is 12.8. The number of furan rings is 1. The number of carbonyl (C=O) groups is 2. The van der Waals surface area contributed by atoms with Crippen LogP contribution in [0.15, 0.2) is 35.0 Å². The van der Waals surface area contributed by atoms with Gasteiger partial charge in [0, 0.05) is 19.4 Å². The summed E-state index contributed by atoms with van der Waals surface area (Å²) in [4.78, 5) is 24.6. The summed E-state index contributed by atoms with van der Waals surface area (Å²) in [5.74, 6) is -0.551. The van der Waals surface area contributed by atoms with Crippen molar-refractivity contribution in [2.24, 2.45) is 7.05 Å². The lowest BCUT2D eigenvalue weighted by atomic mass is 10.3. The predicted octanol–water partition coefficient (Wildman–Crippen LogP) is 2.06. The van der Waals surface area contributed by atoms with Crippen molar-refractivity contribution in [1.82, 2.24) is 19.6 Å². The number of anilines is 1. The van der Waals surface area contributed by atoms with Gasteiger partial charge in [0.2, 0.25) is 5.76 Å². The number of ether oxygens (including phenoxy) is 1. The second-order valence-corrected chi connectivity index (χ2v) is 6.18. The molecule has 0 fully saturated rings. The number of nitrogens with one attached hydrogen (secondary N) is 1. The number of hydrogen-bond acceptors (Lipinski definition) is 6. The Morgan fingerprint density at radius 1 is 1.33 bits per heavy atom. The maximum absolute atomic E-state index is 12.3. The van der Waals surface area contributed by atoms with Crippen molar-refractivity contribution in [3.8, 4) is 0 Å². The Morgan fingerprint density at radius 3 is 2.74 bits per heavy atom. The highest BCUT2D eigenvalue weighted by atomic mass is 16.6. The maximum Gasteiger partial charge on any atom is 0.375 e. The molecule has 0 radical (unpaired) electrons. The summed E-state index contributed by atoms with van der Waals surface area (Å²) < 4.78 is 14.0. The molecule has 0 bridgehead atoms. The van der Waals surface area contributed by atoms with Gasteiger partial charge in [-0.15, -0.1) is 0 Å². The Balaban J connectivity index is 1.60. The van der Waals surface area contributed by atoms with Crippen LogP contribution in [-0.2, 0) is 23.1 Å². The van der Waals surface area contributed by atoms with Crippen molar-refractivity contribution < 1.29 is 18.7 Å². The first kappa shape index (κ1) is 18.4. The summed E-state index contributed by atoms with van der Waals surface area (Å²) >= 11 is 0. The van der Waals surface area contributed by atoms with Gasteiger partial charge in [0.1, 0.15) is 5.76 Å². The molecule has 0 aliphatic carbocycles. The van der Waals surface area contributed by atoms with Crippen LogP contribution in [-0.4, -0.2) is 37.5 Å². The average Bonchev–Trinajstić information content (AvgIpc) is 3.34. The van der Waals surface area contributed by atoms with E-state index in [9.17, 15) is 9.59 Å². The van der Waals surface area contributed by atoms with Crippen molar-refractivity contribution >= 4 is 17.6 Å². The Kier molecular flexibility index (Phi) is 5.11. The maximum atomic E-state index is 12.3.